The monoisotopic (exact) mass is 212 g/mol. The first-order chi connectivity index (χ1) is 7.70. The molecule has 0 aliphatic carbocycles. The minimum absolute atomic E-state index is 0.737. The summed E-state index contributed by atoms with van der Waals surface area (Å²) >= 11 is 0. The van der Waals surface area contributed by atoms with Gasteiger partial charge in [0.1, 0.15) is 0 Å². The van der Waals surface area contributed by atoms with Crippen LogP contribution in [-0.4, -0.2) is 23.4 Å². The Balaban J connectivity index is 3.04. The SMILES string of the molecule is C=Nc1c(N=C)c(C)c2nccnc2c1C. The van der Waals surface area contributed by atoms with Gasteiger partial charge in [-0.15, -0.1) is 0 Å². The summed E-state index contributed by atoms with van der Waals surface area (Å²) in [5.41, 5.74) is 5.03. The van der Waals surface area contributed by atoms with E-state index in [1.165, 1.54) is 0 Å². The molecule has 0 radical (unpaired) electrons. The zero-order valence-electron chi connectivity index (χ0n) is 9.36. The molecule has 0 unspecified atom stereocenters. The van der Waals surface area contributed by atoms with Crippen LogP contribution in [0.25, 0.3) is 11.0 Å². The highest BCUT2D eigenvalue weighted by Crippen LogP contribution is 2.38. The first-order valence-corrected chi connectivity index (χ1v) is 4.88. The Morgan fingerprint density at radius 2 is 1.25 bits per heavy atom. The van der Waals surface area contributed by atoms with Crippen LogP contribution in [0, 0.1) is 13.8 Å². The Morgan fingerprint density at radius 3 is 1.56 bits per heavy atom. The van der Waals surface area contributed by atoms with Crippen molar-refractivity contribution in [3.63, 3.8) is 0 Å². The van der Waals surface area contributed by atoms with E-state index in [0.29, 0.717) is 0 Å². The molecular formula is C12H12N4. The highest BCUT2D eigenvalue weighted by Gasteiger charge is 2.14. The van der Waals surface area contributed by atoms with E-state index < -0.39 is 0 Å². The number of aliphatic imine (C=N–C) groups is 2. The average molecular weight is 212 g/mol. The lowest BCUT2D eigenvalue weighted by Gasteiger charge is -2.10. The molecule has 2 aromatic rings. The maximum absolute atomic E-state index is 4.31. The van der Waals surface area contributed by atoms with Crippen LogP contribution in [-0.2, 0) is 0 Å². The van der Waals surface area contributed by atoms with Crippen molar-refractivity contribution < 1.29 is 0 Å². The molecule has 0 fully saturated rings. The maximum atomic E-state index is 4.31. The smallest absolute Gasteiger partial charge is 0.0941 e. The van der Waals surface area contributed by atoms with Crippen LogP contribution in [0.2, 0.25) is 0 Å². The number of fused-ring (bicyclic) bond motifs is 1. The van der Waals surface area contributed by atoms with E-state index in [2.05, 4.69) is 33.4 Å². The minimum atomic E-state index is 0.737. The molecule has 0 saturated heterocycles. The molecule has 0 aliphatic heterocycles. The van der Waals surface area contributed by atoms with E-state index in [9.17, 15) is 0 Å². The van der Waals surface area contributed by atoms with Crippen molar-refractivity contribution in [2.75, 3.05) is 0 Å². The third-order valence-electron chi connectivity index (χ3n) is 2.66. The van der Waals surface area contributed by atoms with Crippen LogP contribution in [0.4, 0.5) is 11.4 Å². The second kappa shape index (κ2) is 3.81. The number of nitrogens with zero attached hydrogens (tertiary/aromatic N) is 4. The normalized spacial score (nSPS) is 10.4. The maximum Gasteiger partial charge on any atom is 0.0941 e. The lowest BCUT2D eigenvalue weighted by atomic mass is 10.0. The fourth-order valence-corrected chi connectivity index (χ4v) is 1.85. The molecule has 0 saturated carbocycles. The molecule has 0 amide bonds. The average Bonchev–Trinajstić information content (AvgIpc) is 2.33. The van der Waals surface area contributed by atoms with E-state index in [1.54, 1.807) is 12.4 Å². The Hall–Kier alpha value is -2.10. The number of rotatable bonds is 2. The lowest BCUT2D eigenvalue weighted by Crippen LogP contribution is -1.91. The standard InChI is InChI=1S/C12H12N4/c1-7-9(13-3)10(14-4)8(2)12-11(7)15-5-6-16-12/h5-6H,3-4H2,1-2H3. The van der Waals surface area contributed by atoms with E-state index in [-0.39, 0.29) is 0 Å². The molecule has 0 bridgehead atoms. The van der Waals surface area contributed by atoms with Crippen molar-refractivity contribution in [3.8, 4) is 0 Å². The van der Waals surface area contributed by atoms with Crippen LogP contribution >= 0.6 is 0 Å². The van der Waals surface area contributed by atoms with Crippen LogP contribution < -0.4 is 0 Å². The molecule has 80 valence electrons. The summed E-state index contributed by atoms with van der Waals surface area (Å²) in [6, 6.07) is 0. The Bertz CT molecular complexity index is 535. The summed E-state index contributed by atoms with van der Waals surface area (Å²) in [6.07, 6.45) is 3.34. The third kappa shape index (κ3) is 1.31. The Morgan fingerprint density at radius 1 is 0.875 bits per heavy atom. The second-order valence-electron chi connectivity index (χ2n) is 3.52. The van der Waals surface area contributed by atoms with Crippen molar-refractivity contribution in [2.24, 2.45) is 9.98 Å². The zero-order valence-corrected chi connectivity index (χ0v) is 9.36. The minimum Gasteiger partial charge on any atom is -0.262 e. The van der Waals surface area contributed by atoms with E-state index in [4.69, 9.17) is 0 Å². The van der Waals surface area contributed by atoms with Gasteiger partial charge in [-0.2, -0.15) is 0 Å². The van der Waals surface area contributed by atoms with Gasteiger partial charge >= 0.3 is 0 Å². The number of benzene rings is 1. The molecule has 0 atom stereocenters. The molecule has 1 aromatic heterocycles. The predicted octanol–water partition coefficient (Wildman–Crippen LogP) is 2.91. The number of aromatic nitrogens is 2. The molecule has 2 rings (SSSR count). The molecular weight excluding hydrogens is 200 g/mol. The second-order valence-corrected chi connectivity index (χ2v) is 3.52. The molecule has 1 aromatic carbocycles. The van der Waals surface area contributed by atoms with Gasteiger partial charge in [0, 0.05) is 23.5 Å². The number of aryl methyl sites for hydroxylation is 2. The largest absolute Gasteiger partial charge is 0.262 e. The highest BCUT2D eigenvalue weighted by atomic mass is 14.8. The van der Waals surface area contributed by atoms with Crippen molar-refractivity contribution in [2.45, 2.75) is 13.8 Å². The van der Waals surface area contributed by atoms with Crippen LogP contribution in [0.1, 0.15) is 11.1 Å². The fourth-order valence-electron chi connectivity index (χ4n) is 1.85. The highest BCUT2D eigenvalue weighted by molar-refractivity contribution is 5.93. The van der Waals surface area contributed by atoms with Crippen molar-refractivity contribution >= 4 is 35.8 Å². The van der Waals surface area contributed by atoms with Gasteiger partial charge in [-0.05, 0) is 27.3 Å². The van der Waals surface area contributed by atoms with Gasteiger partial charge in [-0.3, -0.25) is 20.0 Å². The van der Waals surface area contributed by atoms with Gasteiger partial charge in [0.05, 0.1) is 22.4 Å². The topological polar surface area (TPSA) is 50.5 Å². The molecule has 16 heavy (non-hydrogen) atoms. The number of hydrogen-bond acceptors (Lipinski definition) is 4. The molecule has 4 nitrogen and oxygen atoms in total. The van der Waals surface area contributed by atoms with E-state index >= 15 is 0 Å². The van der Waals surface area contributed by atoms with Gasteiger partial charge < -0.3 is 0 Å². The summed E-state index contributed by atoms with van der Waals surface area (Å²) in [6.45, 7) is 11.0. The van der Waals surface area contributed by atoms with Crippen LogP contribution in [0.5, 0.6) is 0 Å². The van der Waals surface area contributed by atoms with Gasteiger partial charge in [0.25, 0.3) is 0 Å². The fraction of sp³-hybridized carbons (Fsp3) is 0.167. The van der Waals surface area contributed by atoms with E-state index in [1.807, 2.05) is 13.8 Å². The Kier molecular flexibility index (Phi) is 2.48. The summed E-state index contributed by atoms with van der Waals surface area (Å²) < 4.78 is 0. The summed E-state index contributed by atoms with van der Waals surface area (Å²) in [4.78, 5) is 16.6. The quantitative estimate of drug-likeness (QED) is 0.718. The van der Waals surface area contributed by atoms with Crippen molar-refractivity contribution in [1.29, 1.82) is 0 Å². The predicted molar refractivity (Wildman–Crippen MR) is 67.4 cm³/mol. The summed E-state index contributed by atoms with van der Waals surface area (Å²) in [7, 11) is 0. The van der Waals surface area contributed by atoms with Gasteiger partial charge in [0.2, 0.25) is 0 Å². The molecule has 0 spiro atoms. The van der Waals surface area contributed by atoms with Crippen LogP contribution in [0.15, 0.2) is 22.4 Å². The Labute approximate surface area is 93.8 Å². The van der Waals surface area contributed by atoms with Gasteiger partial charge in [0.15, 0.2) is 0 Å². The lowest BCUT2D eigenvalue weighted by molar-refractivity contribution is 1.24. The molecule has 1 heterocycles. The van der Waals surface area contributed by atoms with Gasteiger partial charge in [-0.1, -0.05) is 0 Å². The van der Waals surface area contributed by atoms with Gasteiger partial charge in [-0.25, -0.2) is 0 Å². The first kappa shape index (κ1) is 10.4. The number of hydrogen-bond donors (Lipinski definition) is 0. The zero-order chi connectivity index (χ0) is 11.7. The summed E-state index contributed by atoms with van der Waals surface area (Å²) in [5.74, 6) is 0. The molecule has 4 heteroatoms. The van der Waals surface area contributed by atoms with Crippen molar-refractivity contribution in [3.05, 3.63) is 23.5 Å². The van der Waals surface area contributed by atoms with Crippen molar-refractivity contribution in [1.82, 2.24) is 9.97 Å². The first-order valence-electron chi connectivity index (χ1n) is 4.88. The van der Waals surface area contributed by atoms with E-state index in [0.717, 1.165) is 33.5 Å². The third-order valence-corrected chi connectivity index (χ3v) is 2.66. The molecule has 0 aliphatic rings. The summed E-state index contributed by atoms with van der Waals surface area (Å²) in [5, 5.41) is 0. The molecule has 0 N–H and O–H groups in total. The van der Waals surface area contributed by atoms with Crippen LogP contribution in [0.3, 0.4) is 0 Å².